The zero-order valence-corrected chi connectivity index (χ0v) is 9.90. The maximum absolute atomic E-state index is 6.03. The summed E-state index contributed by atoms with van der Waals surface area (Å²) in [6.07, 6.45) is 2.59. The maximum Gasteiger partial charge on any atom is 0.126 e. The summed E-state index contributed by atoms with van der Waals surface area (Å²) >= 11 is 6.03. The Kier molecular flexibility index (Phi) is 3.17. The molecule has 0 bridgehead atoms. The fourth-order valence-electron chi connectivity index (χ4n) is 1.76. The van der Waals surface area contributed by atoms with Crippen molar-refractivity contribution in [1.82, 2.24) is 5.32 Å². The van der Waals surface area contributed by atoms with Crippen LogP contribution in [0.1, 0.15) is 24.0 Å². The SMILES string of the molecule is COc1c(C)cc(Cl)cc1CNC1CC1. The van der Waals surface area contributed by atoms with Crippen molar-refractivity contribution in [3.63, 3.8) is 0 Å². The fourth-order valence-corrected chi connectivity index (χ4v) is 2.06. The number of aryl methyl sites for hydroxylation is 1. The molecule has 2 rings (SSSR count). The average molecular weight is 226 g/mol. The van der Waals surface area contributed by atoms with Crippen molar-refractivity contribution in [3.8, 4) is 5.75 Å². The monoisotopic (exact) mass is 225 g/mol. The molecule has 15 heavy (non-hydrogen) atoms. The van der Waals surface area contributed by atoms with E-state index in [2.05, 4.69) is 5.32 Å². The molecule has 0 spiro atoms. The van der Waals surface area contributed by atoms with Crippen LogP contribution in [0, 0.1) is 6.92 Å². The molecule has 3 heteroatoms. The zero-order chi connectivity index (χ0) is 10.8. The number of rotatable bonds is 4. The van der Waals surface area contributed by atoms with Crippen molar-refractivity contribution >= 4 is 11.6 Å². The van der Waals surface area contributed by atoms with Crippen LogP contribution in [-0.2, 0) is 6.54 Å². The van der Waals surface area contributed by atoms with Gasteiger partial charge in [0, 0.05) is 23.2 Å². The summed E-state index contributed by atoms with van der Waals surface area (Å²) in [5.41, 5.74) is 2.24. The normalized spacial score (nSPS) is 15.4. The van der Waals surface area contributed by atoms with Crippen LogP contribution in [-0.4, -0.2) is 13.2 Å². The fraction of sp³-hybridized carbons (Fsp3) is 0.500. The van der Waals surface area contributed by atoms with Gasteiger partial charge in [-0.15, -0.1) is 0 Å². The van der Waals surface area contributed by atoms with Gasteiger partial charge in [-0.3, -0.25) is 0 Å². The topological polar surface area (TPSA) is 21.3 Å². The van der Waals surface area contributed by atoms with E-state index in [1.807, 2.05) is 19.1 Å². The molecule has 1 aliphatic rings. The van der Waals surface area contributed by atoms with Gasteiger partial charge < -0.3 is 10.1 Å². The third kappa shape index (κ3) is 2.64. The van der Waals surface area contributed by atoms with Crippen molar-refractivity contribution in [2.75, 3.05) is 7.11 Å². The number of benzene rings is 1. The number of hydrogen-bond acceptors (Lipinski definition) is 2. The van der Waals surface area contributed by atoms with Crippen LogP contribution in [0.5, 0.6) is 5.75 Å². The van der Waals surface area contributed by atoms with Crippen molar-refractivity contribution in [3.05, 3.63) is 28.3 Å². The summed E-state index contributed by atoms with van der Waals surface area (Å²) in [7, 11) is 1.71. The van der Waals surface area contributed by atoms with Gasteiger partial charge in [0.05, 0.1) is 7.11 Å². The van der Waals surface area contributed by atoms with E-state index in [1.54, 1.807) is 7.11 Å². The Morgan fingerprint density at radius 3 is 2.80 bits per heavy atom. The Morgan fingerprint density at radius 1 is 1.47 bits per heavy atom. The summed E-state index contributed by atoms with van der Waals surface area (Å²) < 4.78 is 5.39. The highest BCUT2D eigenvalue weighted by atomic mass is 35.5. The molecule has 0 aliphatic heterocycles. The van der Waals surface area contributed by atoms with Gasteiger partial charge in [-0.05, 0) is 37.5 Å². The van der Waals surface area contributed by atoms with E-state index in [0.29, 0.717) is 6.04 Å². The van der Waals surface area contributed by atoms with E-state index in [-0.39, 0.29) is 0 Å². The number of halogens is 1. The number of nitrogens with one attached hydrogen (secondary N) is 1. The van der Waals surface area contributed by atoms with E-state index >= 15 is 0 Å². The maximum atomic E-state index is 6.03. The molecule has 0 unspecified atom stereocenters. The standard InChI is InChI=1S/C12H16ClNO/c1-8-5-10(13)6-9(12(8)15-2)7-14-11-3-4-11/h5-6,11,14H,3-4,7H2,1-2H3. The molecule has 1 aromatic rings. The lowest BCUT2D eigenvalue weighted by molar-refractivity contribution is 0.404. The first-order valence-electron chi connectivity index (χ1n) is 5.27. The predicted molar refractivity (Wildman–Crippen MR) is 62.6 cm³/mol. The van der Waals surface area contributed by atoms with Gasteiger partial charge in [-0.25, -0.2) is 0 Å². The van der Waals surface area contributed by atoms with Crippen LogP contribution >= 0.6 is 11.6 Å². The van der Waals surface area contributed by atoms with Crippen molar-refractivity contribution < 1.29 is 4.74 Å². The van der Waals surface area contributed by atoms with E-state index in [0.717, 1.165) is 28.4 Å². The van der Waals surface area contributed by atoms with Crippen LogP contribution in [0.4, 0.5) is 0 Å². The van der Waals surface area contributed by atoms with Crippen LogP contribution in [0.3, 0.4) is 0 Å². The van der Waals surface area contributed by atoms with Crippen LogP contribution in [0.2, 0.25) is 5.02 Å². The minimum atomic E-state index is 0.703. The van der Waals surface area contributed by atoms with Gasteiger partial charge in [-0.1, -0.05) is 11.6 Å². The van der Waals surface area contributed by atoms with Crippen LogP contribution < -0.4 is 10.1 Å². The first-order valence-corrected chi connectivity index (χ1v) is 5.65. The average Bonchev–Trinajstić information content (AvgIpc) is 2.97. The summed E-state index contributed by atoms with van der Waals surface area (Å²) in [5, 5.41) is 4.24. The van der Waals surface area contributed by atoms with Crippen molar-refractivity contribution in [2.24, 2.45) is 0 Å². The zero-order valence-electron chi connectivity index (χ0n) is 9.14. The summed E-state index contributed by atoms with van der Waals surface area (Å²) in [5.74, 6) is 0.951. The third-order valence-corrected chi connectivity index (χ3v) is 2.90. The highest BCUT2D eigenvalue weighted by Gasteiger charge is 2.20. The smallest absolute Gasteiger partial charge is 0.126 e. The third-order valence-electron chi connectivity index (χ3n) is 2.68. The van der Waals surface area contributed by atoms with Crippen LogP contribution in [0.15, 0.2) is 12.1 Å². The molecular formula is C12H16ClNO. The molecule has 1 fully saturated rings. The molecule has 0 saturated heterocycles. The van der Waals surface area contributed by atoms with Crippen LogP contribution in [0.25, 0.3) is 0 Å². The quantitative estimate of drug-likeness (QED) is 0.851. The van der Waals surface area contributed by atoms with E-state index in [4.69, 9.17) is 16.3 Å². The largest absolute Gasteiger partial charge is 0.496 e. The Balaban J connectivity index is 2.17. The van der Waals surface area contributed by atoms with Gasteiger partial charge in [0.1, 0.15) is 5.75 Å². The second kappa shape index (κ2) is 4.42. The van der Waals surface area contributed by atoms with Crippen molar-refractivity contribution in [1.29, 1.82) is 0 Å². The second-order valence-electron chi connectivity index (χ2n) is 4.07. The van der Waals surface area contributed by atoms with Gasteiger partial charge in [-0.2, -0.15) is 0 Å². The van der Waals surface area contributed by atoms with Gasteiger partial charge in [0.15, 0.2) is 0 Å². The lowest BCUT2D eigenvalue weighted by Gasteiger charge is -2.12. The molecule has 0 amide bonds. The molecule has 82 valence electrons. The minimum Gasteiger partial charge on any atom is -0.496 e. The molecule has 0 heterocycles. The lowest BCUT2D eigenvalue weighted by atomic mass is 10.1. The minimum absolute atomic E-state index is 0.703. The van der Waals surface area contributed by atoms with E-state index in [1.165, 1.54) is 12.8 Å². The number of methoxy groups -OCH3 is 1. The van der Waals surface area contributed by atoms with E-state index in [9.17, 15) is 0 Å². The molecule has 1 N–H and O–H groups in total. The van der Waals surface area contributed by atoms with Crippen molar-refractivity contribution in [2.45, 2.75) is 32.4 Å². The summed E-state index contributed by atoms with van der Waals surface area (Å²) in [4.78, 5) is 0. The highest BCUT2D eigenvalue weighted by molar-refractivity contribution is 6.30. The lowest BCUT2D eigenvalue weighted by Crippen LogP contribution is -2.16. The first-order chi connectivity index (χ1) is 7.20. The highest BCUT2D eigenvalue weighted by Crippen LogP contribution is 2.28. The second-order valence-corrected chi connectivity index (χ2v) is 4.51. The predicted octanol–water partition coefficient (Wildman–Crippen LogP) is 2.91. The van der Waals surface area contributed by atoms with Gasteiger partial charge in [0.2, 0.25) is 0 Å². The molecule has 1 saturated carbocycles. The number of ether oxygens (including phenoxy) is 1. The number of hydrogen-bond donors (Lipinski definition) is 1. The Bertz CT molecular complexity index is 361. The molecule has 1 aliphatic carbocycles. The summed E-state index contributed by atoms with van der Waals surface area (Å²) in [6.45, 7) is 2.86. The van der Waals surface area contributed by atoms with Gasteiger partial charge in [0.25, 0.3) is 0 Å². The molecule has 1 aromatic carbocycles. The first kappa shape index (κ1) is 10.8. The van der Waals surface area contributed by atoms with E-state index < -0.39 is 0 Å². The van der Waals surface area contributed by atoms with Gasteiger partial charge >= 0.3 is 0 Å². The molecule has 2 nitrogen and oxygen atoms in total. The molecule has 0 radical (unpaired) electrons. The molecule has 0 atom stereocenters. The Hall–Kier alpha value is -0.730. The Morgan fingerprint density at radius 2 is 2.20 bits per heavy atom. The molecule has 0 aromatic heterocycles. The summed E-state index contributed by atoms with van der Waals surface area (Å²) in [6, 6.07) is 4.61. The Labute approximate surface area is 95.6 Å². The molecular weight excluding hydrogens is 210 g/mol.